The van der Waals surface area contributed by atoms with Gasteiger partial charge in [0.1, 0.15) is 12.4 Å². The molecule has 1 atom stereocenters. The zero-order valence-electron chi connectivity index (χ0n) is 11.7. The van der Waals surface area contributed by atoms with Crippen molar-refractivity contribution in [1.29, 1.82) is 0 Å². The van der Waals surface area contributed by atoms with E-state index in [2.05, 4.69) is 21.4 Å². The summed E-state index contributed by atoms with van der Waals surface area (Å²) in [5.74, 6) is 1.59. The van der Waals surface area contributed by atoms with Gasteiger partial charge in [-0.05, 0) is 18.2 Å². The molecule has 0 saturated carbocycles. The molecule has 0 bridgehead atoms. The van der Waals surface area contributed by atoms with Crippen LogP contribution < -0.4 is 11.1 Å². The summed E-state index contributed by atoms with van der Waals surface area (Å²) in [5, 5.41) is 3.22. The highest BCUT2D eigenvalue weighted by Gasteiger charge is 2.25. The first-order valence-corrected chi connectivity index (χ1v) is 7.03. The molecule has 5 nitrogen and oxygen atoms in total. The Bertz CT molecular complexity index is 616. The Morgan fingerprint density at radius 1 is 1.29 bits per heavy atom. The first-order valence-electron chi connectivity index (χ1n) is 7.03. The molecular formula is C16H18N4O. The van der Waals surface area contributed by atoms with Crippen molar-refractivity contribution in [3.05, 3.63) is 54.3 Å². The van der Waals surface area contributed by atoms with E-state index in [-0.39, 0.29) is 5.92 Å². The highest BCUT2D eigenvalue weighted by Crippen LogP contribution is 2.21. The summed E-state index contributed by atoms with van der Waals surface area (Å²) >= 11 is 0. The van der Waals surface area contributed by atoms with E-state index >= 15 is 0 Å². The van der Waals surface area contributed by atoms with Crippen molar-refractivity contribution in [1.82, 2.24) is 0 Å². The number of anilines is 1. The average Bonchev–Trinajstić information content (AvgIpc) is 2.54. The van der Waals surface area contributed by atoms with Crippen LogP contribution in [0.1, 0.15) is 0 Å². The average molecular weight is 282 g/mol. The molecule has 0 amide bonds. The summed E-state index contributed by atoms with van der Waals surface area (Å²) in [6, 6.07) is 9.89. The third-order valence-electron chi connectivity index (χ3n) is 3.26. The Kier molecular flexibility index (Phi) is 4.12. The van der Waals surface area contributed by atoms with Gasteiger partial charge in [-0.15, -0.1) is 0 Å². The third kappa shape index (κ3) is 3.20. The SMILES string of the molecule is NCCOC1=CC=CC2CN=C(Nc3ccccc3)N=C12. The Morgan fingerprint density at radius 2 is 2.14 bits per heavy atom. The van der Waals surface area contributed by atoms with Gasteiger partial charge in [-0.25, -0.2) is 4.99 Å². The van der Waals surface area contributed by atoms with Gasteiger partial charge >= 0.3 is 0 Å². The quantitative estimate of drug-likeness (QED) is 0.886. The summed E-state index contributed by atoms with van der Waals surface area (Å²) in [6.45, 7) is 1.65. The van der Waals surface area contributed by atoms with Gasteiger partial charge in [-0.3, -0.25) is 4.99 Å². The predicted molar refractivity (Wildman–Crippen MR) is 85.5 cm³/mol. The number of hydrogen-bond acceptors (Lipinski definition) is 5. The molecule has 0 fully saturated rings. The largest absolute Gasteiger partial charge is 0.490 e. The minimum absolute atomic E-state index is 0.184. The summed E-state index contributed by atoms with van der Waals surface area (Å²) in [4.78, 5) is 9.09. The van der Waals surface area contributed by atoms with Crippen LogP contribution >= 0.6 is 0 Å². The lowest BCUT2D eigenvalue weighted by Gasteiger charge is -2.24. The van der Waals surface area contributed by atoms with Gasteiger partial charge in [0.05, 0.1) is 12.3 Å². The molecule has 0 aromatic heterocycles. The molecule has 5 heteroatoms. The van der Waals surface area contributed by atoms with E-state index in [1.807, 2.05) is 42.5 Å². The number of nitrogens with zero attached hydrogens (tertiary/aromatic N) is 2. The number of ether oxygens (including phenoxy) is 1. The molecule has 0 spiro atoms. The number of fused-ring (bicyclic) bond motifs is 1. The minimum atomic E-state index is 0.184. The maximum atomic E-state index is 5.67. The first kappa shape index (κ1) is 13.6. The molecule has 2 aliphatic rings. The topological polar surface area (TPSA) is 72.0 Å². The first-order chi connectivity index (χ1) is 10.4. The van der Waals surface area contributed by atoms with Crippen LogP contribution in [0.5, 0.6) is 0 Å². The molecule has 108 valence electrons. The van der Waals surface area contributed by atoms with Crippen LogP contribution in [0.15, 0.2) is 64.3 Å². The van der Waals surface area contributed by atoms with Crippen LogP contribution in [0.3, 0.4) is 0 Å². The Balaban J connectivity index is 1.77. The lowest BCUT2D eigenvalue weighted by atomic mass is 9.96. The van der Waals surface area contributed by atoms with Crippen LogP contribution in [0.25, 0.3) is 0 Å². The van der Waals surface area contributed by atoms with Crippen molar-refractivity contribution in [2.45, 2.75) is 0 Å². The number of guanidine groups is 1. The second kappa shape index (κ2) is 6.37. The summed E-state index contributed by atoms with van der Waals surface area (Å²) in [6.07, 6.45) is 6.01. The molecule has 3 rings (SSSR count). The Morgan fingerprint density at radius 3 is 2.95 bits per heavy atom. The van der Waals surface area contributed by atoms with Gasteiger partial charge in [-0.2, -0.15) is 0 Å². The van der Waals surface area contributed by atoms with Gasteiger partial charge in [0, 0.05) is 18.2 Å². The third-order valence-corrected chi connectivity index (χ3v) is 3.26. The maximum Gasteiger partial charge on any atom is 0.222 e. The van der Waals surface area contributed by atoms with E-state index in [0.29, 0.717) is 25.7 Å². The number of allylic oxidation sites excluding steroid dienone is 3. The van der Waals surface area contributed by atoms with Gasteiger partial charge in [0.2, 0.25) is 5.96 Å². The van der Waals surface area contributed by atoms with Crippen molar-refractivity contribution in [3.8, 4) is 0 Å². The van der Waals surface area contributed by atoms with E-state index in [1.165, 1.54) is 0 Å². The molecular weight excluding hydrogens is 264 g/mol. The normalized spacial score (nSPS) is 20.0. The monoisotopic (exact) mass is 282 g/mol. The van der Waals surface area contributed by atoms with Crippen molar-refractivity contribution in [2.75, 3.05) is 25.0 Å². The van der Waals surface area contributed by atoms with Gasteiger partial charge < -0.3 is 15.8 Å². The summed E-state index contributed by atoms with van der Waals surface area (Å²) < 4.78 is 5.67. The summed E-state index contributed by atoms with van der Waals surface area (Å²) in [5.41, 5.74) is 7.38. The van der Waals surface area contributed by atoms with Crippen molar-refractivity contribution < 1.29 is 4.74 Å². The number of nitrogens with one attached hydrogen (secondary N) is 1. The zero-order chi connectivity index (χ0) is 14.5. The fraction of sp³-hybridized carbons (Fsp3) is 0.250. The smallest absolute Gasteiger partial charge is 0.222 e. The van der Waals surface area contributed by atoms with Crippen LogP contribution in [0, 0.1) is 5.92 Å². The lowest BCUT2D eigenvalue weighted by Crippen LogP contribution is -2.29. The van der Waals surface area contributed by atoms with Crippen LogP contribution in [-0.2, 0) is 4.74 Å². The summed E-state index contributed by atoms with van der Waals surface area (Å²) in [7, 11) is 0. The zero-order valence-corrected chi connectivity index (χ0v) is 11.7. The molecule has 1 aliphatic carbocycles. The fourth-order valence-corrected chi connectivity index (χ4v) is 2.26. The number of rotatable bonds is 4. The minimum Gasteiger partial charge on any atom is -0.490 e. The molecule has 1 unspecified atom stereocenters. The Hall–Kier alpha value is -2.40. The molecule has 3 N–H and O–H groups in total. The number of aliphatic imine (C=N–C) groups is 2. The number of benzene rings is 1. The fourth-order valence-electron chi connectivity index (χ4n) is 2.26. The second-order valence-electron chi connectivity index (χ2n) is 4.81. The van der Waals surface area contributed by atoms with Crippen molar-refractivity contribution >= 4 is 17.4 Å². The van der Waals surface area contributed by atoms with Crippen LogP contribution in [0.4, 0.5) is 5.69 Å². The van der Waals surface area contributed by atoms with Gasteiger partial charge in [0.25, 0.3) is 0 Å². The molecule has 1 aromatic rings. The van der Waals surface area contributed by atoms with E-state index in [0.717, 1.165) is 17.2 Å². The maximum absolute atomic E-state index is 5.67. The second-order valence-corrected chi connectivity index (χ2v) is 4.81. The number of nitrogens with two attached hydrogens (primary N) is 1. The lowest BCUT2D eigenvalue weighted by molar-refractivity contribution is 0.238. The van der Waals surface area contributed by atoms with Crippen molar-refractivity contribution in [3.63, 3.8) is 0 Å². The molecule has 1 aromatic carbocycles. The van der Waals surface area contributed by atoms with E-state index in [9.17, 15) is 0 Å². The molecule has 1 heterocycles. The Labute approximate surface area is 123 Å². The molecule has 0 saturated heterocycles. The molecule has 1 aliphatic heterocycles. The van der Waals surface area contributed by atoms with Gasteiger partial charge in [0.15, 0.2) is 0 Å². The van der Waals surface area contributed by atoms with Gasteiger partial charge in [-0.1, -0.05) is 30.4 Å². The molecule has 21 heavy (non-hydrogen) atoms. The predicted octanol–water partition coefficient (Wildman–Crippen LogP) is 1.95. The standard InChI is InChI=1S/C16H18N4O/c17-9-10-21-14-8-4-5-12-11-18-16(20-15(12)14)19-13-6-2-1-3-7-13/h1-8,12H,9-11,17H2,(H,18,19). The highest BCUT2D eigenvalue weighted by molar-refractivity contribution is 6.12. The van der Waals surface area contributed by atoms with Crippen LogP contribution in [-0.4, -0.2) is 31.4 Å². The van der Waals surface area contributed by atoms with E-state index in [4.69, 9.17) is 10.5 Å². The van der Waals surface area contributed by atoms with E-state index < -0.39 is 0 Å². The van der Waals surface area contributed by atoms with Crippen LogP contribution in [0.2, 0.25) is 0 Å². The number of hydrogen-bond donors (Lipinski definition) is 2. The van der Waals surface area contributed by atoms with Crippen molar-refractivity contribution in [2.24, 2.45) is 21.6 Å². The molecule has 0 radical (unpaired) electrons. The highest BCUT2D eigenvalue weighted by atomic mass is 16.5. The van der Waals surface area contributed by atoms with E-state index in [1.54, 1.807) is 0 Å². The number of para-hydroxylation sites is 1.